The highest BCUT2D eigenvalue weighted by atomic mass is 32.2. The van der Waals surface area contributed by atoms with E-state index in [0.29, 0.717) is 13.0 Å². The minimum atomic E-state index is -0.507. The van der Waals surface area contributed by atoms with Crippen LogP contribution < -0.4 is 10.9 Å². The third-order valence-corrected chi connectivity index (χ3v) is 3.65. The van der Waals surface area contributed by atoms with Crippen molar-refractivity contribution in [2.75, 3.05) is 26.5 Å². The van der Waals surface area contributed by atoms with Crippen LogP contribution in [-0.4, -0.2) is 54.3 Å². The second-order valence-corrected chi connectivity index (χ2v) is 5.58. The Labute approximate surface area is 142 Å². The van der Waals surface area contributed by atoms with E-state index in [1.165, 1.54) is 20.3 Å². The quantitative estimate of drug-likeness (QED) is 0.266. The largest absolute Gasteiger partial charge is 0.469 e. The van der Waals surface area contributed by atoms with Crippen LogP contribution in [0, 0.1) is 0 Å². The zero-order chi connectivity index (χ0) is 17.9. The highest BCUT2D eigenvalue weighted by Crippen LogP contribution is 2.11. The van der Waals surface area contributed by atoms with Gasteiger partial charge in [-0.15, -0.1) is 0 Å². The summed E-state index contributed by atoms with van der Waals surface area (Å²) in [6.45, 7) is 0.348. The summed E-state index contributed by atoms with van der Waals surface area (Å²) in [5, 5.41) is 2.88. The first kappa shape index (κ1) is 19.7. The average molecular weight is 357 g/mol. The number of methoxy groups -OCH3 is 2. The number of hydrogen-bond donors (Lipinski definition) is 2. The van der Waals surface area contributed by atoms with Crippen molar-refractivity contribution in [2.45, 2.75) is 24.4 Å². The summed E-state index contributed by atoms with van der Waals surface area (Å²) < 4.78 is 9.01. The van der Waals surface area contributed by atoms with E-state index in [2.05, 4.69) is 24.8 Å². The van der Waals surface area contributed by atoms with Crippen molar-refractivity contribution in [3.63, 3.8) is 0 Å². The SMILES string of the molecule is COC(=O)CCCNC(=O)CSc1nc(CC(=O)OC)cc(=O)[nH]1. The predicted octanol–water partition coefficient (Wildman–Crippen LogP) is -0.353. The summed E-state index contributed by atoms with van der Waals surface area (Å²) in [5.41, 5.74) is -0.142. The van der Waals surface area contributed by atoms with Crippen LogP contribution in [-0.2, 0) is 30.3 Å². The van der Waals surface area contributed by atoms with Crippen LogP contribution in [0.25, 0.3) is 0 Å². The molecule has 0 aromatic carbocycles. The maximum absolute atomic E-state index is 11.7. The number of esters is 2. The van der Waals surface area contributed by atoms with E-state index < -0.39 is 11.5 Å². The van der Waals surface area contributed by atoms with Gasteiger partial charge in [0.15, 0.2) is 5.16 Å². The molecule has 0 saturated heterocycles. The van der Waals surface area contributed by atoms with Gasteiger partial charge in [-0.05, 0) is 6.42 Å². The Kier molecular flexibility index (Phi) is 8.55. The zero-order valence-corrected chi connectivity index (χ0v) is 14.2. The standard InChI is InChI=1S/C14H19N3O6S/c1-22-12(20)4-3-5-15-11(19)8-24-14-16-9(6-10(18)17-14)7-13(21)23-2/h6H,3-5,7-8H2,1-2H3,(H,15,19)(H,16,17,18). The van der Waals surface area contributed by atoms with Gasteiger partial charge in [0, 0.05) is 19.0 Å². The minimum Gasteiger partial charge on any atom is -0.469 e. The lowest BCUT2D eigenvalue weighted by molar-refractivity contribution is -0.141. The van der Waals surface area contributed by atoms with E-state index in [1.54, 1.807) is 0 Å². The van der Waals surface area contributed by atoms with Crippen LogP contribution in [0.1, 0.15) is 18.5 Å². The highest BCUT2D eigenvalue weighted by Gasteiger charge is 2.09. The van der Waals surface area contributed by atoms with Crippen LogP contribution in [0.3, 0.4) is 0 Å². The maximum atomic E-state index is 11.7. The second kappa shape index (κ2) is 10.4. The van der Waals surface area contributed by atoms with Crippen molar-refractivity contribution in [3.8, 4) is 0 Å². The fourth-order valence-corrected chi connectivity index (χ4v) is 2.33. The van der Waals surface area contributed by atoms with Gasteiger partial charge in [-0.2, -0.15) is 0 Å². The van der Waals surface area contributed by atoms with Gasteiger partial charge in [0.2, 0.25) is 5.91 Å². The summed E-state index contributed by atoms with van der Waals surface area (Å²) in [6, 6.07) is 1.20. The summed E-state index contributed by atoms with van der Waals surface area (Å²) in [4.78, 5) is 51.9. The van der Waals surface area contributed by atoms with Crippen LogP contribution in [0.4, 0.5) is 0 Å². The number of H-pyrrole nitrogens is 1. The molecule has 0 aliphatic carbocycles. The number of hydrogen-bond acceptors (Lipinski definition) is 8. The van der Waals surface area contributed by atoms with Crippen LogP contribution in [0.2, 0.25) is 0 Å². The molecule has 1 aromatic rings. The summed E-state index contributed by atoms with van der Waals surface area (Å²) >= 11 is 1.04. The summed E-state index contributed by atoms with van der Waals surface area (Å²) in [5.74, 6) is -1.05. The first-order valence-corrected chi connectivity index (χ1v) is 8.06. The molecule has 1 aromatic heterocycles. The lowest BCUT2D eigenvalue weighted by atomic mass is 10.3. The first-order valence-electron chi connectivity index (χ1n) is 7.08. The second-order valence-electron chi connectivity index (χ2n) is 4.61. The third-order valence-electron chi connectivity index (χ3n) is 2.77. The molecule has 0 fully saturated rings. The van der Waals surface area contributed by atoms with Gasteiger partial charge in [0.1, 0.15) is 0 Å². The Morgan fingerprint density at radius 1 is 1.25 bits per heavy atom. The molecule has 132 valence electrons. The Morgan fingerprint density at radius 3 is 2.62 bits per heavy atom. The number of carbonyl (C=O) groups is 3. The highest BCUT2D eigenvalue weighted by molar-refractivity contribution is 7.99. The number of nitrogens with zero attached hydrogens (tertiary/aromatic N) is 1. The van der Waals surface area contributed by atoms with Gasteiger partial charge in [0.05, 0.1) is 32.1 Å². The summed E-state index contributed by atoms with van der Waals surface area (Å²) in [7, 11) is 2.55. The molecular formula is C14H19N3O6S. The number of aromatic nitrogens is 2. The van der Waals surface area contributed by atoms with E-state index in [0.717, 1.165) is 11.8 Å². The van der Waals surface area contributed by atoms with Gasteiger partial charge in [-0.3, -0.25) is 19.2 Å². The topological polar surface area (TPSA) is 127 Å². The summed E-state index contributed by atoms with van der Waals surface area (Å²) in [6.07, 6.45) is 0.592. The van der Waals surface area contributed by atoms with Crippen LogP contribution in [0.15, 0.2) is 16.0 Å². The van der Waals surface area contributed by atoms with E-state index in [-0.39, 0.29) is 41.3 Å². The number of nitrogens with one attached hydrogen (secondary N) is 2. The molecule has 0 radical (unpaired) electrons. The van der Waals surface area contributed by atoms with Crippen LogP contribution >= 0.6 is 11.8 Å². The van der Waals surface area contributed by atoms with Crippen LogP contribution in [0.5, 0.6) is 0 Å². The molecule has 2 N–H and O–H groups in total. The lowest BCUT2D eigenvalue weighted by Gasteiger charge is -2.05. The zero-order valence-electron chi connectivity index (χ0n) is 13.4. The monoisotopic (exact) mass is 357 g/mol. The number of aromatic amines is 1. The smallest absolute Gasteiger partial charge is 0.311 e. The Morgan fingerprint density at radius 2 is 1.96 bits per heavy atom. The minimum absolute atomic E-state index is 0.0445. The van der Waals surface area contributed by atoms with E-state index in [1.807, 2.05) is 0 Å². The molecule has 0 saturated carbocycles. The molecule has 1 amide bonds. The fraction of sp³-hybridized carbons (Fsp3) is 0.500. The number of thioether (sulfide) groups is 1. The molecule has 0 spiro atoms. The van der Waals surface area contributed by atoms with E-state index in [4.69, 9.17) is 0 Å². The predicted molar refractivity (Wildman–Crippen MR) is 85.6 cm³/mol. The van der Waals surface area contributed by atoms with E-state index >= 15 is 0 Å². The van der Waals surface area contributed by atoms with E-state index in [9.17, 15) is 19.2 Å². The lowest BCUT2D eigenvalue weighted by Crippen LogP contribution is -2.27. The number of rotatable bonds is 9. The number of amides is 1. The Balaban J connectivity index is 2.43. The average Bonchev–Trinajstić information content (AvgIpc) is 2.56. The Hall–Kier alpha value is -2.36. The molecule has 0 aliphatic heterocycles. The van der Waals surface area contributed by atoms with Crippen molar-refractivity contribution in [1.29, 1.82) is 0 Å². The van der Waals surface area contributed by atoms with Crippen molar-refractivity contribution in [1.82, 2.24) is 15.3 Å². The van der Waals surface area contributed by atoms with Gasteiger partial charge in [-0.1, -0.05) is 11.8 Å². The molecule has 1 rings (SSSR count). The van der Waals surface area contributed by atoms with Crippen molar-refractivity contribution >= 4 is 29.6 Å². The fourth-order valence-electron chi connectivity index (χ4n) is 1.61. The molecule has 0 unspecified atom stereocenters. The molecule has 1 heterocycles. The molecule has 0 aliphatic rings. The first-order chi connectivity index (χ1) is 11.4. The Bertz CT molecular complexity index is 646. The maximum Gasteiger partial charge on any atom is 0.311 e. The van der Waals surface area contributed by atoms with Gasteiger partial charge >= 0.3 is 11.9 Å². The van der Waals surface area contributed by atoms with Crippen molar-refractivity contribution < 1.29 is 23.9 Å². The molecule has 0 bridgehead atoms. The van der Waals surface area contributed by atoms with Gasteiger partial charge in [0.25, 0.3) is 5.56 Å². The molecule has 9 nitrogen and oxygen atoms in total. The van der Waals surface area contributed by atoms with Gasteiger partial charge < -0.3 is 19.8 Å². The molecule has 0 atom stereocenters. The van der Waals surface area contributed by atoms with Crippen molar-refractivity contribution in [2.24, 2.45) is 0 Å². The third kappa shape index (κ3) is 7.77. The number of ether oxygens (including phenoxy) is 2. The van der Waals surface area contributed by atoms with Crippen molar-refractivity contribution in [3.05, 3.63) is 22.1 Å². The van der Waals surface area contributed by atoms with Gasteiger partial charge in [-0.25, -0.2) is 4.98 Å². The normalized spacial score (nSPS) is 10.1. The molecular weight excluding hydrogens is 338 g/mol. The molecule has 10 heteroatoms. The molecule has 24 heavy (non-hydrogen) atoms. The number of carbonyl (C=O) groups excluding carboxylic acids is 3.